The molecule has 7 heteroatoms. The van der Waals surface area contributed by atoms with Gasteiger partial charge < -0.3 is 9.64 Å². The van der Waals surface area contributed by atoms with Gasteiger partial charge in [0.1, 0.15) is 0 Å². The van der Waals surface area contributed by atoms with Crippen molar-refractivity contribution in [2.75, 3.05) is 13.2 Å². The van der Waals surface area contributed by atoms with Crippen LogP contribution in [-0.4, -0.2) is 38.5 Å². The van der Waals surface area contributed by atoms with Gasteiger partial charge in [0.15, 0.2) is 5.69 Å². The largest absolute Gasteiger partial charge is 0.377 e. The number of carbonyl (C=O) groups is 1. The van der Waals surface area contributed by atoms with Crippen LogP contribution in [-0.2, 0) is 24.3 Å². The first-order valence-electron chi connectivity index (χ1n) is 6.88. The summed E-state index contributed by atoms with van der Waals surface area (Å²) < 4.78 is 9.23. The molecule has 0 aromatic carbocycles. The minimum atomic E-state index is -0.0652. The van der Waals surface area contributed by atoms with Gasteiger partial charge in [0.25, 0.3) is 5.91 Å². The highest BCUT2D eigenvalue weighted by Crippen LogP contribution is 2.23. The van der Waals surface area contributed by atoms with Gasteiger partial charge in [0.2, 0.25) is 0 Å². The molecule has 3 rings (SSSR count). The van der Waals surface area contributed by atoms with Crippen molar-refractivity contribution in [3.63, 3.8) is 0 Å². The van der Waals surface area contributed by atoms with Crippen LogP contribution in [0.2, 0.25) is 0 Å². The van der Waals surface area contributed by atoms with Crippen LogP contribution in [0.15, 0.2) is 17.8 Å². The number of rotatable bonds is 4. The standard InChI is InChI=1S/C14H16N4O2S/c1-2-20-8-11-6-15-5-10-7-18(4-3-12(10)11)14(19)13-9-21-17-16-13/h5-6,9H,2-4,7-8H2,1H3. The Hall–Kier alpha value is -1.86. The van der Waals surface area contributed by atoms with Gasteiger partial charge in [0, 0.05) is 37.5 Å². The summed E-state index contributed by atoms with van der Waals surface area (Å²) in [6.45, 7) is 4.50. The second-order valence-electron chi connectivity index (χ2n) is 4.84. The molecule has 0 unspecified atom stereocenters. The maximum absolute atomic E-state index is 12.3. The molecule has 0 saturated carbocycles. The van der Waals surface area contributed by atoms with E-state index in [2.05, 4.69) is 14.6 Å². The third kappa shape index (κ3) is 2.93. The molecule has 3 heterocycles. The molecular weight excluding hydrogens is 288 g/mol. The van der Waals surface area contributed by atoms with E-state index in [0.29, 0.717) is 32.0 Å². The number of aromatic nitrogens is 3. The Morgan fingerprint density at radius 2 is 2.38 bits per heavy atom. The van der Waals surface area contributed by atoms with E-state index in [4.69, 9.17) is 4.74 Å². The van der Waals surface area contributed by atoms with Gasteiger partial charge in [-0.3, -0.25) is 9.78 Å². The van der Waals surface area contributed by atoms with Crippen molar-refractivity contribution < 1.29 is 9.53 Å². The van der Waals surface area contributed by atoms with Crippen LogP contribution in [0.3, 0.4) is 0 Å². The SMILES string of the molecule is CCOCc1cncc2c1CCN(C(=O)c1csnn1)C2. The first-order chi connectivity index (χ1) is 10.3. The van der Waals surface area contributed by atoms with Crippen LogP contribution in [0.25, 0.3) is 0 Å². The average molecular weight is 304 g/mol. The molecule has 0 spiro atoms. The molecule has 1 aliphatic heterocycles. The van der Waals surface area contributed by atoms with Crippen molar-refractivity contribution >= 4 is 17.4 Å². The molecule has 0 fully saturated rings. The Morgan fingerprint density at radius 1 is 1.48 bits per heavy atom. The molecule has 2 aromatic rings. The summed E-state index contributed by atoms with van der Waals surface area (Å²) in [5.41, 5.74) is 3.90. The molecule has 0 radical (unpaired) electrons. The fourth-order valence-corrected chi connectivity index (χ4v) is 2.93. The molecule has 0 atom stereocenters. The lowest BCUT2D eigenvalue weighted by molar-refractivity contribution is 0.0727. The number of pyridine rings is 1. The average Bonchev–Trinajstić information content (AvgIpc) is 3.06. The molecule has 1 aliphatic rings. The number of ether oxygens (including phenoxy) is 1. The molecule has 0 N–H and O–H groups in total. The molecule has 110 valence electrons. The van der Waals surface area contributed by atoms with E-state index in [1.807, 2.05) is 19.3 Å². The van der Waals surface area contributed by atoms with Crippen molar-refractivity contribution in [1.29, 1.82) is 0 Å². The number of hydrogen-bond acceptors (Lipinski definition) is 6. The fourth-order valence-electron chi connectivity index (χ4n) is 2.50. The van der Waals surface area contributed by atoms with Crippen LogP contribution in [0, 0.1) is 0 Å². The zero-order valence-electron chi connectivity index (χ0n) is 11.8. The van der Waals surface area contributed by atoms with E-state index in [1.54, 1.807) is 10.3 Å². The molecule has 1 amide bonds. The van der Waals surface area contributed by atoms with Crippen molar-refractivity contribution in [3.05, 3.63) is 40.2 Å². The number of hydrogen-bond donors (Lipinski definition) is 0. The molecule has 6 nitrogen and oxygen atoms in total. The summed E-state index contributed by atoms with van der Waals surface area (Å²) in [4.78, 5) is 18.4. The summed E-state index contributed by atoms with van der Waals surface area (Å²) in [7, 11) is 0. The third-order valence-corrected chi connectivity index (χ3v) is 4.06. The molecule has 2 aromatic heterocycles. The van der Waals surface area contributed by atoms with Crippen molar-refractivity contribution in [1.82, 2.24) is 19.5 Å². The van der Waals surface area contributed by atoms with Crippen LogP contribution in [0.5, 0.6) is 0 Å². The Kier molecular flexibility index (Phi) is 4.21. The minimum absolute atomic E-state index is 0.0652. The van der Waals surface area contributed by atoms with Crippen molar-refractivity contribution in [2.45, 2.75) is 26.5 Å². The lowest BCUT2D eigenvalue weighted by Gasteiger charge is -2.29. The highest BCUT2D eigenvalue weighted by atomic mass is 32.1. The predicted octanol–water partition coefficient (Wildman–Crippen LogP) is 1.67. The number of fused-ring (bicyclic) bond motifs is 1. The first-order valence-corrected chi connectivity index (χ1v) is 7.72. The monoisotopic (exact) mass is 304 g/mol. The van der Waals surface area contributed by atoms with E-state index >= 15 is 0 Å². The fraction of sp³-hybridized carbons (Fsp3) is 0.429. The predicted molar refractivity (Wildman–Crippen MR) is 77.9 cm³/mol. The first kappa shape index (κ1) is 14.1. The summed E-state index contributed by atoms with van der Waals surface area (Å²) in [6.07, 6.45) is 4.52. The van der Waals surface area contributed by atoms with Gasteiger partial charge in [-0.05, 0) is 41.6 Å². The zero-order chi connectivity index (χ0) is 14.7. The summed E-state index contributed by atoms with van der Waals surface area (Å²) in [5, 5.41) is 5.53. The second-order valence-corrected chi connectivity index (χ2v) is 5.45. The normalized spacial score (nSPS) is 14.0. The van der Waals surface area contributed by atoms with Gasteiger partial charge >= 0.3 is 0 Å². The second kappa shape index (κ2) is 6.28. The van der Waals surface area contributed by atoms with Gasteiger partial charge in [0.05, 0.1) is 6.61 Å². The molecule has 0 saturated heterocycles. The lowest BCUT2D eigenvalue weighted by atomic mass is 9.97. The maximum Gasteiger partial charge on any atom is 0.275 e. The Labute approximate surface area is 126 Å². The van der Waals surface area contributed by atoms with Crippen molar-refractivity contribution in [2.24, 2.45) is 0 Å². The highest BCUT2D eigenvalue weighted by molar-refractivity contribution is 7.03. The Morgan fingerprint density at radius 3 is 3.14 bits per heavy atom. The van der Waals surface area contributed by atoms with Crippen molar-refractivity contribution in [3.8, 4) is 0 Å². The van der Waals surface area contributed by atoms with Crippen LogP contribution < -0.4 is 0 Å². The number of amides is 1. The van der Waals surface area contributed by atoms with Gasteiger partial charge in [-0.1, -0.05) is 4.49 Å². The Bertz CT molecular complexity index is 630. The molecule has 0 aliphatic carbocycles. The topological polar surface area (TPSA) is 68.2 Å². The van der Waals surface area contributed by atoms with Crippen LogP contribution in [0.1, 0.15) is 34.1 Å². The van der Waals surface area contributed by atoms with E-state index in [1.165, 1.54) is 17.1 Å². The van der Waals surface area contributed by atoms with Gasteiger partial charge in [-0.25, -0.2) is 0 Å². The Balaban J connectivity index is 1.78. The quantitative estimate of drug-likeness (QED) is 0.859. The summed E-state index contributed by atoms with van der Waals surface area (Å²) >= 11 is 1.19. The van der Waals surface area contributed by atoms with E-state index in [0.717, 1.165) is 17.5 Å². The smallest absolute Gasteiger partial charge is 0.275 e. The minimum Gasteiger partial charge on any atom is -0.377 e. The molecule has 21 heavy (non-hydrogen) atoms. The molecule has 0 bridgehead atoms. The summed E-state index contributed by atoms with van der Waals surface area (Å²) in [5.74, 6) is -0.0652. The van der Waals surface area contributed by atoms with Gasteiger partial charge in [-0.2, -0.15) is 0 Å². The zero-order valence-corrected chi connectivity index (χ0v) is 12.6. The third-order valence-electron chi connectivity index (χ3n) is 3.56. The number of carbonyl (C=O) groups excluding carboxylic acids is 1. The van der Waals surface area contributed by atoms with E-state index < -0.39 is 0 Å². The summed E-state index contributed by atoms with van der Waals surface area (Å²) in [6, 6.07) is 0. The highest BCUT2D eigenvalue weighted by Gasteiger charge is 2.24. The van der Waals surface area contributed by atoms with E-state index in [9.17, 15) is 4.79 Å². The van der Waals surface area contributed by atoms with Crippen LogP contribution in [0.4, 0.5) is 0 Å². The van der Waals surface area contributed by atoms with Crippen LogP contribution >= 0.6 is 11.5 Å². The lowest BCUT2D eigenvalue weighted by Crippen LogP contribution is -2.36. The van der Waals surface area contributed by atoms with Gasteiger partial charge in [-0.15, -0.1) is 5.10 Å². The molecular formula is C14H16N4O2S. The maximum atomic E-state index is 12.3. The van der Waals surface area contributed by atoms with E-state index in [-0.39, 0.29) is 5.91 Å². The number of nitrogens with zero attached hydrogens (tertiary/aromatic N) is 4.